The van der Waals surface area contributed by atoms with Crippen molar-refractivity contribution in [2.45, 2.75) is 0 Å². The Labute approximate surface area is 157 Å². The van der Waals surface area contributed by atoms with Gasteiger partial charge in [-0.05, 0) is 52.3 Å². The molecule has 4 rings (SSSR count). The minimum absolute atomic E-state index is 0.239. The summed E-state index contributed by atoms with van der Waals surface area (Å²) in [4.78, 5) is 12.1. The number of halogens is 1. The normalized spacial score (nSPS) is 10.7. The summed E-state index contributed by atoms with van der Waals surface area (Å²) in [5, 5.41) is 11.0. The van der Waals surface area contributed by atoms with E-state index in [4.69, 9.17) is 4.42 Å². The topological polar surface area (TPSA) is 73.0 Å². The van der Waals surface area contributed by atoms with E-state index < -0.39 is 0 Å². The molecule has 0 aliphatic heterocycles. The fourth-order valence-corrected chi connectivity index (χ4v) is 2.85. The molecule has 26 heavy (non-hydrogen) atoms. The summed E-state index contributed by atoms with van der Waals surface area (Å²) in [6.45, 7) is 0. The maximum Gasteiger partial charge on any atom is 0.291 e. The van der Waals surface area contributed by atoms with Crippen LogP contribution in [0.4, 0.5) is 5.69 Å². The molecule has 2 aromatic carbocycles. The molecule has 0 radical (unpaired) electrons. The molecule has 0 saturated carbocycles. The van der Waals surface area contributed by atoms with Gasteiger partial charge in [0.2, 0.25) is 0 Å². The quantitative estimate of drug-likeness (QED) is 0.537. The van der Waals surface area contributed by atoms with Gasteiger partial charge in [0.25, 0.3) is 5.91 Å². The van der Waals surface area contributed by atoms with Gasteiger partial charge in [0.05, 0.1) is 17.6 Å². The Bertz CT molecular complexity index is 1040. The lowest BCUT2D eigenvalue weighted by Gasteiger charge is -2.08. The molecule has 0 unspecified atom stereocenters. The van der Waals surface area contributed by atoms with Crippen LogP contribution in [0.25, 0.3) is 16.9 Å². The van der Waals surface area contributed by atoms with Crippen molar-refractivity contribution in [1.29, 1.82) is 0 Å². The van der Waals surface area contributed by atoms with Gasteiger partial charge in [-0.25, -0.2) is 4.68 Å². The van der Waals surface area contributed by atoms with E-state index in [1.165, 1.54) is 0 Å². The number of nitrogens with one attached hydrogen (secondary N) is 1. The fraction of sp³-hybridized carbons (Fsp3) is 0. The summed E-state index contributed by atoms with van der Waals surface area (Å²) in [5.41, 5.74) is 3.42. The number of amides is 1. The van der Waals surface area contributed by atoms with Gasteiger partial charge in [-0.1, -0.05) is 35.5 Å². The van der Waals surface area contributed by atoms with Crippen molar-refractivity contribution in [3.05, 3.63) is 83.4 Å². The largest absolute Gasteiger partial charge is 0.444 e. The molecule has 1 amide bonds. The second kappa shape index (κ2) is 6.97. The summed E-state index contributed by atoms with van der Waals surface area (Å²) >= 11 is 3.18. The Hall–Kier alpha value is -3.19. The van der Waals surface area contributed by atoms with Crippen LogP contribution >= 0.6 is 15.9 Å². The van der Waals surface area contributed by atoms with Crippen LogP contribution in [-0.4, -0.2) is 20.9 Å². The Balaban J connectivity index is 1.56. The third kappa shape index (κ3) is 3.29. The Morgan fingerprint density at radius 1 is 1.00 bits per heavy atom. The SMILES string of the molecule is O=C(Nc1ccc(-n2nncc2-c2ccccc2)cc1)c1ccc(Br)o1. The molecule has 2 heterocycles. The van der Waals surface area contributed by atoms with E-state index in [1.807, 2.05) is 54.6 Å². The first-order valence-corrected chi connectivity index (χ1v) is 8.63. The van der Waals surface area contributed by atoms with E-state index in [1.54, 1.807) is 23.0 Å². The van der Waals surface area contributed by atoms with Crippen LogP contribution in [0.5, 0.6) is 0 Å². The molecule has 6 nitrogen and oxygen atoms in total. The van der Waals surface area contributed by atoms with E-state index in [0.717, 1.165) is 16.9 Å². The van der Waals surface area contributed by atoms with Gasteiger partial charge in [-0.15, -0.1) is 5.10 Å². The number of rotatable bonds is 4. The summed E-state index contributed by atoms with van der Waals surface area (Å²) < 4.78 is 7.51. The van der Waals surface area contributed by atoms with Crippen molar-refractivity contribution in [1.82, 2.24) is 15.0 Å². The summed E-state index contributed by atoms with van der Waals surface area (Å²) in [6, 6.07) is 20.6. The lowest BCUT2D eigenvalue weighted by Crippen LogP contribution is -2.10. The number of furan rings is 1. The Morgan fingerprint density at radius 3 is 2.46 bits per heavy atom. The molecular formula is C19H13BrN4O2. The smallest absolute Gasteiger partial charge is 0.291 e. The predicted molar refractivity (Wildman–Crippen MR) is 101 cm³/mol. The number of aromatic nitrogens is 3. The highest BCUT2D eigenvalue weighted by Gasteiger charge is 2.12. The molecule has 0 bridgehead atoms. The first-order chi connectivity index (χ1) is 12.7. The molecule has 4 aromatic rings. The van der Waals surface area contributed by atoms with Gasteiger partial charge in [0.1, 0.15) is 0 Å². The summed E-state index contributed by atoms with van der Waals surface area (Å²) in [6.07, 6.45) is 1.72. The second-order valence-electron chi connectivity index (χ2n) is 5.50. The highest BCUT2D eigenvalue weighted by Crippen LogP contribution is 2.22. The molecule has 0 fully saturated rings. The average Bonchev–Trinajstić information content (AvgIpc) is 3.32. The van der Waals surface area contributed by atoms with Crippen LogP contribution < -0.4 is 5.32 Å². The molecule has 0 saturated heterocycles. The number of anilines is 1. The number of carbonyl (C=O) groups excluding carboxylic acids is 1. The standard InChI is InChI=1S/C19H13BrN4O2/c20-18-11-10-17(26-18)19(25)22-14-6-8-15(9-7-14)24-16(12-21-23-24)13-4-2-1-3-5-13/h1-12H,(H,22,25). The lowest BCUT2D eigenvalue weighted by atomic mass is 10.1. The number of carbonyl (C=O) groups is 1. The Morgan fingerprint density at radius 2 is 1.77 bits per heavy atom. The van der Waals surface area contributed by atoms with Crippen LogP contribution in [-0.2, 0) is 0 Å². The van der Waals surface area contributed by atoms with E-state index >= 15 is 0 Å². The van der Waals surface area contributed by atoms with E-state index in [9.17, 15) is 4.79 Å². The minimum Gasteiger partial charge on any atom is -0.444 e. The molecule has 7 heteroatoms. The first-order valence-electron chi connectivity index (χ1n) is 7.84. The first kappa shape index (κ1) is 16.3. The van der Waals surface area contributed by atoms with Crippen molar-refractivity contribution in [3.8, 4) is 16.9 Å². The van der Waals surface area contributed by atoms with Crippen LogP contribution in [0.1, 0.15) is 10.6 Å². The van der Waals surface area contributed by atoms with Crippen LogP contribution in [0.3, 0.4) is 0 Å². The molecular weight excluding hydrogens is 396 g/mol. The van der Waals surface area contributed by atoms with Crippen LogP contribution in [0, 0.1) is 0 Å². The van der Waals surface area contributed by atoms with Crippen molar-refractivity contribution in [2.75, 3.05) is 5.32 Å². The lowest BCUT2D eigenvalue weighted by molar-refractivity contribution is 0.0995. The molecule has 0 spiro atoms. The number of hydrogen-bond donors (Lipinski definition) is 1. The zero-order valence-electron chi connectivity index (χ0n) is 13.5. The number of hydrogen-bond acceptors (Lipinski definition) is 4. The monoisotopic (exact) mass is 408 g/mol. The van der Waals surface area contributed by atoms with E-state index in [0.29, 0.717) is 10.4 Å². The second-order valence-corrected chi connectivity index (χ2v) is 6.28. The average molecular weight is 409 g/mol. The van der Waals surface area contributed by atoms with Gasteiger partial charge in [0.15, 0.2) is 10.4 Å². The summed E-state index contributed by atoms with van der Waals surface area (Å²) in [5.74, 6) is -0.0715. The van der Waals surface area contributed by atoms with Crippen molar-refractivity contribution >= 4 is 27.5 Å². The van der Waals surface area contributed by atoms with Gasteiger partial charge in [0, 0.05) is 11.3 Å². The van der Waals surface area contributed by atoms with Crippen molar-refractivity contribution in [2.24, 2.45) is 0 Å². The zero-order valence-corrected chi connectivity index (χ0v) is 15.1. The van der Waals surface area contributed by atoms with E-state index in [-0.39, 0.29) is 11.7 Å². The van der Waals surface area contributed by atoms with Crippen molar-refractivity contribution in [3.63, 3.8) is 0 Å². The van der Waals surface area contributed by atoms with Crippen molar-refractivity contribution < 1.29 is 9.21 Å². The van der Waals surface area contributed by atoms with Gasteiger partial charge in [-0.2, -0.15) is 0 Å². The highest BCUT2D eigenvalue weighted by molar-refractivity contribution is 9.10. The number of nitrogens with zero attached hydrogens (tertiary/aromatic N) is 3. The minimum atomic E-state index is -0.311. The van der Waals surface area contributed by atoms with Gasteiger partial charge >= 0.3 is 0 Å². The zero-order chi connectivity index (χ0) is 17.9. The Kier molecular flexibility index (Phi) is 4.37. The van der Waals surface area contributed by atoms with Crippen LogP contribution in [0.15, 0.2) is 82.0 Å². The van der Waals surface area contributed by atoms with Gasteiger partial charge in [-0.3, -0.25) is 4.79 Å². The molecule has 0 aliphatic rings. The highest BCUT2D eigenvalue weighted by atomic mass is 79.9. The third-order valence-electron chi connectivity index (χ3n) is 3.79. The predicted octanol–water partition coefficient (Wildman–Crippen LogP) is 4.54. The molecule has 2 aromatic heterocycles. The molecule has 0 aliphatic carbocycles. The maximum atomic E-state index is 12.1. The molecule has 0 atom stereocenters. The van der Waals surface area contributed by atoms with Crippen LogP contribution in [0.2, 0.25) is 0 Å². The fourth-order valence-electron chi connectivity index (χ4n) is 2.55. The van der Waals surface area contributed by atoms with Gasteiger partial charge < -0.3 is 9.73 Å². The summed E-state index contributed by atoms with van der Waals surface area (Å²) in [7, 11) is 0. The number of benzene rings is 2. The molecule has 128 valence electrons. The third-order valence-corrected chi connectivity index (χ3v) is 4.21. The maximum absolute atomic E-state index is 12.1. The van der Waals surface area contributed by atoms with E-state index in [2.05, 4.69) is 31.6 Å². The molecule has 1 N–H and O–H groups in total.